The summed E-state index contributed by atoms with van der Waals surface area (Å²) in [6, 6.07) is 0. The average molecular weight is 541 g/mol. The molecule has 0 saturated carbocycles. The van der Waals surface area contributed by atoms with Gasteiger partial charge >= 0.3 is 0 Å². The SMILES string of the molecule is CC#CCCC[C@H](C)[C@H](O[Si](C)(C)C(C)(C)C)[C@@H](C)C(=O)C(C)(C)[C@H](CCO)O[Si](C)(C)C(C)(C)C. The van der Waals surface area contributed by atoms with Gasteiger partial charge in [0.2, 0.25) is 0 Å². The first kappa shape index (κ1) is 35.5. The van der Waals surface area contributed by atoms with Crippen LogP contribution in [0.4, 0.5) is 0 Å². The minimum atomic E-state index is -2.13. The number of ketones is 1. The summed E-state index contributed by atoms with van der Waals surface area (Å²) in [4.78, 5) is 14.2. The van der Waals surface area contributed by atoms with Gasteiger partial charge in [0.05, 0.1) is 12.2 Å². The Bertz CT molecular complexity index is 748. The summed E-state index contributed by atoms with van der Waals surface area (Å²) in [5.41, 5.74) is -0.736. The third-order valence-electron chi connectivity index (χ3n) is 8.92. The molecule has 0 aliphatic heterocycles. The predicted octanol–water partition coefficient (Wildman–Crippen LogP) is 8.21. The zero-order valence-electron chi connectivity index (χ0n) is 26.5. The fraction of sp³-hybridized carbons (Fsp3) is 0.900. The number of Topliss-reactive ketones (excluding diaryl/α,β-unsaturated/α-hetero) is 1. The predicted molar refractivity (Wildman–Crippen MR) is 160 cm³/mol. The Labute approximate surface area is 227 Å². The molecular formula is C30H60O4Si2. The molecule has 0 bridgehead atoms. The monoisotopic (exact) mass is 540 g/mol. The van der Waals surface area contributed by atoms with E-state index in [1.165, 1.54) is 0 Å². The summed E-state index contributed by atoms with van der Waals surface area (Å²) >= 11 is 0. The topological polar surface area (TPSA) is 55.8 Å². The zero-order valence-corrected chi connectivity index (χ0v) is 28.5. The van der Waals surface area contributed by atoms with E-state index in [-0.39, 0.29) is 46.5 Å². The van der Waals surface area contributed by atoms with Gasteiger partial charge in [-0.05, 0) is 68.4 Å². The van der Waals surface area contributed by atoms with Gasteiger partial charge in [-0.3, -0.25) is 4.79 Å². The third kappa shape index (κ3) is 9.69. The molecular weight excluding hydrogens is 480 g/mol. The molecule has 4 atom stereocenters. The first-order chi connectivity index (χ1) is 16.1. The van der Waals surface area contributed by atoms with E-state index in [0.29, 0.717) is 6.42 Å². The van der Waals surface area contributed by atoms with Crippen LogP contribution in [0.5, 0.6) is 0 Å². The second-order valence-corrected chi connectivity index (χ2v) is 23.9. The van der Waals surface area contributed by atoms with E-state index in [1.54, 1.807) is 0 Å². The quantitative estimate of drug-likeness (QED) is 0.137. The van der Waals surface area contributed by atoms with Crippen molar-refractivity contribution in [1.29, 1.82) is 0 Å². The maximum atomic E-state index is 14.2. The van der Waals surface area contributed by atoms with Crippen LogP contribution in [0.25, 0.3) is 0 Å². The van der Waals surface area contributed by atoms with E-state index < -0.39 is 22.0 Å². The van der Waals surface area contributed by atoms with Crippen molar-refractivity contribution < 1.29 is 18.8 Å². The summed E-state index contributed by atoms with van der Waals surface area (Å²) in [5.74, 6) is 6.29. The molecule has 0 aromatic heterocycles. The highest BCUT2D eigenvalue weighted by molar-refractivity contribution is 6.74. The average Bonchev–Trinajstić information content (AvgIpc) is 2.71. The smallest absolute Gasteiger partial charge is 0.192 e. The van der Waals surface area contributed by atoms with E-state index in [0.717, 1.165) is 19.3 Å². The lowest BCUT2D eigenvalue weighted by Gasteiger charge is -2.46. The molecule has 0 aliphatic rings. The number of hydrogen-bond donors (Lipinski definition) is 1. The molecule has 0 heterocycles. The van der Waals surface area contributed by atoms with E-state index >= 15 is 0 Å². The maximum absolute atomic E-state index is 14.2. The van der Waals surface area contributed by atoms with Gasteiger partial charge in [-0.15, -0.1) is 11.8 Å². The second kappa shape index (κ2) is 13.6. The first-order valence-electron chi connectivity index (χ1n) is 14.0. The molecule has 36 heavy (non-hydrogen) atoms. The van der Waals surface area contributed by atoms with Crippen molar-refractivity contribution in [2.45, 2.75) is 150 Å². The van der Waals surface area contributed by atoms with Crippen LogP contribution < -0.4 is 0 Å². The Morgan fingerprint density at radius 1 is 0.861 bits per heavy atom. The highest BCUT2D eigenvalue weighted by Crippen LogP contribution is 2.43. The Hall–Kier alpha value is -0.456. The van der Waals surface area contributed by atoms with Crippen LogP contribution >= 0.6 is 0 Å². The molecule has 0 fully saturated rings. The minimum absolute atomic E-state index is 0.00312. The number of aliphatic hydroxyl groups is 1. The summed E-state index contributed by atoms with van der Waals surface area (Å²) in [5, 5.41) is 9.98. The van der Waals surface area contributed by atoms with Gasteiger partial charge in [-0.25, -0.2) is 0 Å². The molecule has 212 valence electrons. The highest BCUT2D eigenvalue weighted by Gasteiger charge is 2.49. The molecule has 0 radical (unpaired) electrons. The van der Waals surface area contributed by atoms with E-state index in [2.05, 4.69) is 86.5 Å². The highest BCUT2D eigenvalue weighted by atomic mass is 28.4. The number of carbonyl (C=O) groups excluding carboxylic acids is 1. The molecule has 0 rings (SSSR count). The van der Waals surface area contributed by atoms with Crippen molar-refractivity contribution in [2.75, 3.05) is 6.61 Å². The van der Waals surface area contributed by atoms with Gasteiger partial charge in [-0.1, -0.05) is 69.2 Å². The van der Waals surface area contributed by atoms with Crippen LogP contribution in [0.15, 0.2) is 0 Å². The molecule has 0 aromatic rings. The van der Waals surface area contributed by atoms with Gasteiger partial charge in [0.1, 0.15) is 5.78 Å². The van der Waals surface area contributed by atoms with Gasteiger partial charge in [0, 0.05) is 24.4 Å². The zero-order chi connectivity index (χ0) is 28.8. The Balaban J connectivity index is 6.19. The van der Waals surface area contributed by atoms with Gasteiger partial charge < -0.3 is 14.0 Å². The first-order valence-corrected chi connectivity index (χ1v) is 19.8. The van der Waals surface area contributed by atoms with Crippen molar-refractivity contribution in [2.24, 2.45) is 17.3 Å². The van der Waals surface area contributed by atoms with Crippen molar-refractivity contribution in [3.05, 3.63) is 0 Å². The molecule has 1 N–H and O–H groups in total. The van der Waals surface area contributed by atoms with Crippen LogP contribution in [-0.4, -0.2) is 46.3 Å². The molecule has 0 unspecified atom stereocenters. The van der Waals surface area contributed by atoms with Crippen LogP contribution in [0.1, 0.15) is 102 Å². The third-order valence-corrected chi connectivity index (χ3v) is 17.9. The molecule has 0 amide bonds. The molecule has 6 heteroatoms. The Morgan fingerprint density at radius 2 is 1.33 bits per heavy atom. The largest absolute Gasteiger partial charge is 0.413 e. The van der Waals surface area contributed by atoms with Crippen LogP contribution in [-0.2, 0) is 13.6 Å². The number of aliphatic hydroxyl groups excluding tert-OH is 1. The normalized spacial score (nSPS) is 17.1. The van der Waals surface area contributed by atoms with Crippen molar-refractivity contribution in [1.82, 2.24) is 0 Å². The van der Waals surface area contributed by atoms with Crippen molar-refractivity contribution >= 4 is 22.4 Å². The van der Waals surface area contributed by atoms with Crippen molar-refractivity contribution in [3.63, 3.8) is 0 Å². The maximum Gasteiger partial charge on any atom is 0.192 e. The van der Waals surface area contributed by atoms with Crippen LogP contribution in [0.3, 0.4) is 0 Å². The lowest BCUT2D eigenvalue weighted by molar-refractivity contribution is -0.141. The Morgan fingerprint density at radius 3 is 1.75 bits per heavy atom. The number of rotatable bonds is 14. The summed E-state index contributed by atoms with van der Waals surface area (Å²) in [6.07, 6.45) is 2.83. The van der Waals surface area contributed by atoms with E-state index in [4.69, 9.17) is 8.85 Å². The molecule has 0 aliphatic carbocycles. The van der Waals surface area contributed by atoms with Crippen LogP contribution in [0.2, 0.25) is 36.3 Å². The number of unbranched alkanes of at least 4 members (excludes halogenated alkanes) is 1. The fourth-order valence-electron chi connectivity index (χ4n) is 4.14. The minimum Gasteiger partial charge on any atom is -0.413 e. The lowest BCUT2D eigenvalue weighted by atomic mass is 9.73. The molecule has 4 nitrogen and oxygen atoms in total. The van der Waals surface area contributed by atoms with E-state index in [9.17, 15) is 9.90 Å². The van der Waals surface area contributed by atoms with Crippen LogP contribution in [0, 0.1) is 29.1 Å². The fourth-order valence-corrected chi connectivity index (χ4v) is 7.09. The van der Waals surface area contributed by atoms with Gasteiger partial charge in [-0.2, -0.15) is 0 Å². The standard InChI is InChI=1S/C30H60O4Si2/c1-16-17-18-19-20-23(2)26(34-36(14,15)29(7,8)9)24(3)27(32)30(10,11)25(21-22-31)33-35(12,13)28(4,5)6/h23-26,31H,18-22H2,1-15H3/t23-,24+,25-,26-/m0/s1. The lowest BCUT2D eigenvalue weighted by Crippen LogP contribution is -2.54. The molecule has 0 aromatic carbocycles. The van der Waals surface area contributed by atoms with Gasteiger partial charge in [0.15, 0.2) is 16.6 Å². The number of carbonyl (C=O) groups is 1. The van der Waals surface area contributed by atoms with Gasteiger partial charge in [0.25, 0.3) is 0 Å². The Kier molecular flexibility index (Phi) is 13.4. The summed E-state index contributed by atoms with van der Waals surface area (Å²) < 4.78 is 13.8. The van der Waals surface area contributed by atoms with E-state index in [1.807, 2.05) is 27.7 Å². The summed E-state index contributed by atoms with van der Waals surface area (Å²) in [7, 11) is -4.24. The molecule has 0 saturated heterocycles. The second-order valence-electron chi connectivity index (χ2n) is 14.4. The summed E-state index contributed by atoms with van der Waals surface area (Å²) in [6.45, 7) is 32.5. The molecule has 0 spiro atoms. The number of hydrogen-bond acceptors (Lipinski definition) is 4. The van der Waals surface area contributed by atoms with Crippen molar-refractivity contribution in [3.8, 4) is 11.8 Å².